The van der Waals surface area contributed by atoms with Crippen LogP contribution in [0.1, 0.15) is 0 Å². The fraction of sp³-hybridized carbons (Fsp3) is 0.143. The van der Waals surface area contributed by atoms with Gasteiger partial charge >= 0.3 is 0 Å². The van der Waals surface area contributed by atoms with Gasteiger partial charge in [-0.1, -0.05) is 30.3 Å². The summed E-state index contributed by atoms with van der Waals surface area (Å²) >= 11 is 0. The summed E-state index contributed by atoms with van der Waals surface area (Å²) in [5.74, 6) is 1.01. The average molecular weight is 209 g/mol. The molecule has 0 spiro atoms. The smallest absolute Gasteiger partial charge is 0.143 e. The second-order valence-corrected chi connectivity index (χ2v) is 4.17. The Morgan fingerprint density at radius 3 is 2.81 bits per heavy atom. The van der Waals surface area contributed by atoms with E-state index in [1.807, 2.05) is 0 Å². The van der Waals surface area contributed by atoms with E-state index in [1.54, 1.807) is 0 Å². The Labute approximate surface area is 93.1 Å². The van der Waals surface area contributed by atoms with Gasteiger partial charge in [-0.25, -0.2) is 0 Å². The van der Waals surface area contributed by atoms with Gasteiger partial charge in [-0.3, -0.25) is 0 Å². The Morgan fingerprint density at radius 1 is 0.938 bits per heavy atom. The summed E-state index contributed by atoms with van der Waals surface area (Å²) in [5, 5.41) is 2.62. The van der Waals surface area contributed by atoms with Crippen molar-refractivity contribution in [3.8, 4) is 5.75 Å². The predicted molar refractivity (Wildman–Crippen MR) is 64.9 cm³/mol. The van der Waals surface area contributed by atoms with Gasteiger partial charge in [0.05, 0.1) is 12.1 Å². The highest BCUT2D eigenvalue weighted by molar-refractivity contribution is 6.10. The van der Waals surface area contributed by atoms with Gasteiger partial charge in [0, 0.05) is 16.3 Å². The highest BCUT2D eigenvalue weighted by atomic mass is 16.5. The molecule has 16 heavy (non-hydrogen) atoms. The second-order valence-electron chi connectivity index (χ2n) is 4.17. The number of fused-ring (bicyclic) bond motifs is 3. The van der Waals surface area contributed by atoms with E-state index in [0.29, 0.717) is 0 Å². The summed E-state index contributed by atoms with van der Waals surface area (Å²) < 4.78 is 8.07. The van der Waals surface area contributed by atoms with Crippen LogP contribution >= 0.6 is 0 Å². The van der Waals surface area contributed by atoms with Gasteiger partial charge < -0.3 is 9.30 Å². The number of hydrogen-bond donors (Lipinski definition) is 0. The van der Waals surface area contributed by atoms with E-state index >= 15 is 0 Å². The monoisotopic (exact) mass is 209 g/mol. The van der Waals surface area contributed by atoms with Crippen molar-refractivity contribution < 1.29 is 4.74 Å². The number of aromatic nitrogens is 1. The van der Waals surface area contributed by atoms with Crippen LogP contribution in [0.15, 0.2) is 42.5 Å². The molecule has 0 saturated carbocycles. The van der Waals surface area contributed by atoms with E-state index in [9.17, 15) is 0 Å². The maximum atomic E-state index is 5.70. The third-order valence-electron chi connectivity index (χ3n) is 3.33. The Hall–Kier alpha value is -1.96. The van der Waals surface area contributed by atoms with Gasteiger partial charge in [0.2, 0.25) is 0 Å². The second kappa shape index (κ2) is 2.79. The molecule has 1 aliphatic heterocycles. The third kappa shape index (κ3) is 0.871. The molecule has 0 atom stereocenters. The van der Waals surface area contributed by atoms with Gasteiger partial charge in [0.25, 0.3) is 0 Å². The maximum Gasteiger partial charge on any atom is 0.143 e. The fourth-order valence-corrected chi connectivity index (χ4v) is 2.67. The van der Waals surface area contributed by atoms with Crippen molar-refractivity contribution in [2.75, 3.05) is 6.61 Å². The normalized spacial score (nSPS) is 14.2. The predicted octanol–water partition coefficient (Wildman–Crippen LogP) is 3.19. The zero-order chi connectivity index (χ0) is 10.5. The molecule has 0 N–H and O–H groups in total. The van der Waals surface area contributed by atoms with Crippen molar-refractivity contribution in [3.05, 3.63) is 42.5 Å². The first kappa shape index (κ1) is 8.22. The molecule has 0 radical (unpaired) electrons. The zero-order valence-corrected chi connectivity index (χ0v) is 8.81. The lowest BCUT2D eigenvalue weighted by atomic mass is 10.1. The molecular weight excluding hydrogens is 198 g/mol. The molecule has 4 rings (SSSR count). The molecule has 0 saturated heterocycles. The summed E-state index contributed by atoms with van der Waals surface area (Å²) in [6.07, 6.45) is 0. The van der Waals surface area contributed by atoms with E-state index in [-0.39, 0.29) is 0 Å². The minimum atomic E-state index is 0.769. The zero-order valence-electron chi connectivity index (χ0n) is 8.81. The molecule has 1 aliphatic rings. The number of para-hydroxylation sites is 2. The first-order valence-corrected chi connectivity index (χ1v) is 5.58. The van der Waals surface area contributed by atoms with Gasteiger partial charge in [0.15, 0.2) is 0 Å². The van der Waals surface area contributed by atoms with Crippen LogP contribution in [0.2, 0.25) is 0 Å². The first-order valence-electron chi connectivity index (χ1n) is 5.58. The summed E-state index contributed by atoms with van der Waals surface area (Å²) in [7, 11) is 0. The summed E-state index contributed by atoms with van der Waals surface area (Å²) in [6, 6.07) is 14.9. The van der Waals surface area contributed by atoms with Crippen LogP contribution in [0.5, 0.6) is 5.75 Å². The standard InChI is InChI=1S/C14H11NO/c1-2-6-12-10(4-1)11-5-3-7-13-14(11)15(12)8-9-16-13/h1-7H,8-9H2. The summed E-state index contributed by atoms with van der Waals surface area (Å²) in [4.78, 5) is 0. The highest BCUT2D eigenvalue weighted by Crippen LogP contribution is 2.36. The number of benzene rings is 2. The van der Waals surface area contributed by atoms with Crippen LogP contribution in [0.25, 0.3) is 21.8 Å². The molecule has 0 fully saturated rings. The van der Waals surface area contributed by atoms with Gasteiger partial charge in [0.1, 0.15) is 12.4 Å². The molecular formula is C14H11NO. The van der Waals surface area contributed by atoms with Crippen LogP contribution in [0.3, 0.4) is 0 Å². The number of hydrogen-bond acceptors (Lipinski definition) is 1. The Bertz CT molecular complexity index is 696. The van der Waals surface area contributed by atoms with Gasteiger partial charge in [-0.05, 0) is 12.1 Å². The molecule has 1 aromatic heterocycles. The first-order chi connectivity index (χ1) is 7.95. The quantitative estimate of drug-likeness (QED) is 0.554. The lowest BCUT2D eigenvalue weighted by molar-refractivity contribution is 0.289. The summed E-state index contributed by atoms with van der Waals surface area (Å²) in [6.45, 7) is 1.71. The SMILES string of the molecule is c1ccc2c(c1)c1cccc3c1n2CCO3. The van der Waals surface area contributed by atoms with E-state index in [1.165, 1.54) is 21.8 Å². The van der Waals surface area contributed by atoms with Crippen molar-refractivity contribution >= 4 is 21.8 Å². The molecule has 0 unspecified atom stereocenters. The average Bonchev–Trinajstić information content (AvgIpc) is 2.68. The van der Waals surface area contributed by atoms with Crippen LogP contribution in [0, 0.1) is 0 Å². The molecule has 3 aromatic rings. The lowest BCUT2D eigenvalue weighted by Crippen LogP contribution is -2.13. The molecule has 2 nitrogen and oxygen atoms in total. The van der Waals surface area contributed by atoms with Crippen LogP contribution in [0.4, 0.5) is 0 Å². The Morgan fingerprint density at radius 2 is 1.81 bits per heavy atom. The minimum absolute atomic E-state index is 0.769. The number of rotatable bonds is 0. The van der Waals surface area contributed by atoms with Crippen molar-refractivity contribution in [1.82, 2.24) is 4.57 Å². The van der Waals surface area contributed by atoms with Crippen molar-refractivity contribution in [1.29, 1.82) is 0 Å². The molecule has 0 amide bonds. The van der Waals surface area contributed by atoms with Gasteiger partial charge in [-0.15, -0.1) is 0 Å². The molecule has 2 heteroatoms. The van der Waals surface area contributed by atoms with E-state index < -0.39 is 0 Å². The third-order valence-corrected chi connectivity index (χ3v) is 3.33. The lowest BCUT2D eigenvalue weighted by Gasteiger charge is -2.17. The van der Waals surface area contributed by atoms with Crippen molar-refractivity contribution in [2.45, 2.75) is 6.54 Å². The Kier molecular flexibility index (Phi) is 1.43. The van der Waals surface area contributed by atoms with Crippen LogP contribution < -0.4 is 4.74 Å². The molecule has 0 bridgehead atoms. The largest absolute Gasteiger partial charge is 0.490 e. The Balaban J connectivity index is 2.36. The maximum absolute atomic E-state index is 5.70. The fourth-order valence-electron chi connectivity index (χ4n) is 2.67. The van der Waals surface area contributed by atoms with E-state index in [0.717, 1.165) is 18.9 Å². The van der Waals surface area contributed by atoms with Crippen LogP contribution in [-0.2, 0) is 6.54 Å². The minimum Gasteiger partial charge on any atom is -0.490 e. The topological polar surface area (TPSA) is 14.2 Å². The molecule has 2 heterocycles. The van der Waals surface area contributed by atoms with Crippen LogP contribution in [-0.4, -0.2) is 11.2 Å². The van der Waals surface area contributed by atoms with E-state index in [2.05, 4.69) is 47.0 Å². The van der Waals surface area contributed by atoms with Crippen molar-refractivity contribution in [2.24, 2.45) is 0 Å². The van der Waals surface area contributed by atoms with Gasteiger partial charge in [-0.2, -0.15) is 0 Å². The van der Waals surface area contributed by atoms with Crippen molar-refractivity contribution in [3.63, 3.8) is 0 Å². The summed E-state index contributed by atoms with van der Waals surface area (Å²) in [5.41, 5.74) is 2.56. The highest BCUT2D eigenvalue weighted by Gasteiger charge is 2.17. The molecule has 0 aliphatic carbocycles. The van der Waals surface area contributed by atoms with E-state index in [4.69, 9.17) is 4.74 Å². The molecule has 78 valence electrons. The number of nitrogens with zero attached hydrogens (tertiary/aromatic N) is 1. The number of ether oxygens (including phenoxy) is 1. The molecule has 2 aromatic carbocycles.